The normalized spacial score (nSPS) is 10.9. The van der Waals surface area contributed by atoms with Gasteiger partial charge in [-0.05, 0) is 18.2 Å². The monoisotopic (exact) mass is 331 g/mol. The molecule has 7 heteroatoms. The molecule has 2 aromatic carbocycles. The molecule has 0 aliphatic rings. The summed E-state index contributed by atoms with van der Waals surface area (Å²) in [6, 6.07) is 13.7. The third-order valence-electron chi connectivity index (χ3n) is 3.42. The zero-order valence-electron chi connectivity index (χ0n) is 13.0. The van der Waals surface area contributed by atoms with E-state index in [1.807, 2.05) is 6.07 Å². The Balaban J connectivity index is 1.84. The lowest BCUT2D eigenvalue weighted by Gasteiger charge is -2.09. The number of fused-ring (bicyclic) bond motifs is 1. The predicted octanol–water partition coefficient (Wildman–Crippen LogP) is 2.79. The number of amides is 1. The van der Waals surface area contributed by atoms with Crippen LogP contribution in [-0.2, 0) is 4.79 Å². The fraction of sp³-hybridized carbons (Fsp3) is 0. The number of aromatic hydroxyl groups is 1. The molecule has 3 rings (SSSR count). The van der Waals surface area contributed by atoms with E-state index in [-0.39, 0.29) is 17.3 Å². The number of rotatable bonds is 4. The van der Waals surface area contributed by atoms with E-state index in [0.29, 0.717) is 16.5 Å². The number of hydrogen-bond donors (Lipinski definition) is 3. The Hall–Kier alpha value is -3.92. The summed E-state index contributed by atoms with van der Waals surface area (Å²) >= 11 is 0. The summed E-state index contributed by atoms with van der Waals surface area (Å²) in [7, 11) is 0. The number of carbonyl (C=O) groups excluding carboxylic acids is 1. The van der Waals surface area contributed by atoms with E-state index in [4.69, 9.17) is 0 Å². The molecule has 1 aromatic heterocycles. The van der Waals surface area contributed by atoms with Gasteiger partial charge in [0.1, 0.15) is 17.4 Å². The minimum Gasteiger partial charge on any atom is -0.507 e. The largest absolute Gasteiger partial charge is 0.507 e. The molecule has 0 atom stereocenters. The number of anilines is 2. The average Bonchev–Trinajstić information content (AvgIpc) is 2.64. The molecule has 0 aliphatic carbocycles. The summed E-state index contributed by atoms with van der Waals surface area (Å²) in [6.45, 7) is 0. The molecule has 0 radical (unpaired) electrons. The topological polar surface area (TPSA) is 111 Å². The number of nitrogens with one attached hydrogen (secondary N) is 2. The Labute approximate surface area is 143 Å². The van der Waals surface area contributed by atoms with Gasteiger partial charge in [-0.1, -0.05) is 24.3 Å². The number of carbonyl (C=O) groups is 1. The first kappa shape index (κ1) is 16.0. The lowest BCUT2D eigenvalue weighted by atomic mass is 10.1. The number of nitriles is 1. The van der Waals surface area contributed by atoms with E-state index in [0.717, 1.165) is 0 Å². The first-order chi connectivity index (χ1) is 12.2. The van der Waals surface area contributed by atoms with Gasteiger partial charge in [-0.15, -0.1) is 0 Å². The average molecular weight is 331 g/mol. The second-order valence-corrected chi connectivity index (χ2v) is 5.02. The molecule has 3 aromatic rings. The maximum absolute atomic E-state index is 12.3. The third-order valence-corrected chi connectivity index (χ3v) is 3.42. The first-order valence-corrected chi connectivity index (χ1v) is 7.35. The van der Waals surface area contributed by atoms with Gasteiger partial charge in [0.15, 0.2) is 0 Å². The van der Waals surface area contributed by atoms with Crippen molar-refractivity contribution in [3.05, 3.63) is 66.6 Å². The molecule has 0 unspecified atom stereocenters. The van der Waals surface area contributed by atoms with Crippen LogP contribution in [0.15, 0.2) is 66.6 Å². The lowest BCUT2D eigenvalue weighted by Crippen LogP contribution is -2.15. The van der Waals surface area contributed by atoms with Crippen LogP contribution < -0.4 is 10.6 Å². The fourth-order valence-corrected chi connectivity index (χ4v) is 2.25. The van der Waals surface area contributed by atoms with Gasteiger partial charge >= 0.3 is 0 Å². The van der Waals surface area contributed by atoms with Crippen LogP contribution in [0.25, 0.3) is 10.8 Å². The van der Waals surface area contributed by atoms with Gasteiger partial charge in [-0.3, -0.25) is 4.79 Å². The quantitative estimate of drug-likeness (QED) is 0.501. The predicted molar refractivity (Wildman–Crippen MR) is 93.6 cm³/mol. The van der Waals surface area contributed by atoms with Crippen molar-refractivity contribution in [2.75, 3.05) is 10.6 Å². The zero-order chi connectivity index (χ0) is 17.6. The Morgan fingerprint density at radius 1 is 1.08 bits per heavy atom. The first-order valence-electron chi connectivity index (χ1n) is 7.35. The Morgan fingerprint density at radius 3 is 2.56 bits per heavy atom. The second-order valence-electron chi connectivity index (χ2n) is 5.02. The molecule has 0 aliphatic heterocycles. The maximum Gasteiger partial charge on any atom is 0.267 e. The summed E-state index contributed by atoms with van der Waals surface area (Å²) in [5.41, 5.74) is 0.361. The lowest BCUT2D eigenvalue weighted by molar-refractivity contribution is -0.112. The van der Waals surface area contributed by atoms with Crippen LogP contribution in [0, 0.1) is 11.3 Å². The SMILES string of the molecule is N#C/C(=C/Nc1ncccn1)C(=O)Nc1cccc2c(O)cccc12. The van der Waals surface area contributed by atoms with E-state index in [1.54, 1.807) is 42.5 Å². The summed E-state index contributed by atoms with van der Waals surface area (Å²) in [5, 5.41) is 25.8. The van der Waals surface area contributed by atoms with Gasteiger partial charge in [0.05, 0.1) is 0 Å². The fourth-order valence-electron chi connectivity index (χ4n) is 2.25. The van der Waals surface area contributed by atoms with Crippen molar-refractivity contribution in [2.45, 2.75) is 0 Å². The van der Waals surface area contributed by atoms with Crippen LogP contribution in [0.4, 0.5) is 11.6 Å². The highest BCUT2D eigenvalue weighted by molar-refractivity contribution is 6.11. The molecular formula is C18H13N5O2. The second kappa shape index (κ2) is 7.10. The van der Waals surface area contributed by atoms with Crippen molar-refractivity contribution >= 4 is 28.3 Å². The van der Waals surface area contributed by atoms with E-state index < -0.39 is 5.91 Å². The molecule has 25 heavy (non-hydrogen) atoms. The highest BCUT2D eigenvalue weighted by Crippen LogP contribution is 2.29. The summed E-state index contributed by atoms with van der Waals surface area (Å²) in [6.07, 6.45) is 4.32. The van der Waals surface area contributed by atoms with E-state index in [9.17, 15) is 15.2 Å². The van der Waals surface area contributed by atoms with Crippen LogP contribution in [0.5, 0.6) is 5.75 Å². The number of hydrogen-bond acceptors (Lipinski definition) is 6. The molecule has 3 N–H and O–H groups in total. The standard InChI is InChI=1S/C18H13N5O2/c19-10-12(11-22-18-20-8-3-9-21-18)17(25)23-15-6-1-5-14-13(15)4-2-7-16(14)24/h1-9,11,24H,(H,23,25)(H,20,21,22)/b12-11-. The van der Waals surface area contributed by atoms with Crippen LogP contribution in [-0.4, -0.2) is 21.0 Å². The summed E-state index contributed by atoms with van der Waals surface area (Å²) < 4.78 is 0. The maximum atomic E-state index is 12.3. The Morgan fingerprint density at radius 2 is 1.80 bits per heavy atom. The molecule has 1 heterocycles. The molecule has 0 saturated carbocycles. The van der Waals surface area contributed by atoms with Crippen molar-refractivity contribution in [1.82, 2.24) is 9.97 Å². The summed E-state index contributed by atoms with van der Waals surface area (Å²) in [4.78, 5) is 20.2. The highest BCUT2D eigenvalue weighted by Gasteiger charge is 2.12. The Bertz CT molecular complexity index is 993. The molecular weight excluding hydrogens is 318 g/mol. The van der Waals surface area contributed by atoms with Gasteiger partial charge < -0.3 is 15.7 Å². The minimum atomic E-state index is -0.582. The Kier molecular flexibility index (Phi) is 4.53. The van der Waals surface area contributed by atoms with Crippen LogP contribution in [0.2, 0.25) is 0 Å². The van der Waals surface area contributed by atoms with Gasteiger partial charge in [0, 0.05) is 35.1 Å². The highest BCUT2D eigenvalue weighted by atomic mass is 16.3. The smallest absolute Gasteiger partial charge is 0.267 e. The third kappa shape index (κ3) is 3.54. The number of phenols is 1. The number of aromatic nitrogens is 2. The van der Waals surface area contributed by atoms with Crippen LogP contribution in [0.1, 0.15) is 0 Å². The van der Waals surface area contributed by atoms with Crippen molar-refractivity contribution in [2.24, 2.45) is 0 Å². The molecule has 0 spiro atoms. The zero-order valence-corrected chi connectivity index (χ0v) is 13.0. The van der Waals surface area contributed by atoms with Crippen molar-refractivity contribution < 1.29 is 9.90 Å². The molecule has 0 fully saturated rings. The van der Waals surface area contributed by atoms with Crippen molar-refractivity contribution in [3.8, 4) is 11.8 Å². The minimum absolute atomic E-state index is 0.118. The number of phenolic OH excluding ortho intramolecular Hbond substituents is 1. The van der Waals surface area contributed by atoms with Gasteiger partial charge in [0.2, 0.25) is 5.95 Å². The van der Waals surface area contributed by atoms with E-state index in [1.165, 1.54) is 18.6 Å². The van der Waals surface area contributed by atoms with Crippen LogP contribution >= 0.6 is 0 Å². The number of benzene rings is 2. The number of nitrogens with zero attached hydrogens (tertiary/aromatic N) is 3. The molecule has 1 amide bonds. The van der Waals surface area contributed by atoms with Crippen molar-refractivity contribution in [3.63, 3.8) is 0 Å². The van der Waals surface area contributed by atoms with Gasteiger partial charge in [0.25, 0.3) is 5.91 Å². The molecule has 0 saturated heterocycles. The van der Waals surface area contributed by atoms with Crippen LogP contribution in [0.3, 0.4) is 0 Å². The molecule has 0 bridgehead atoms. The van der Waals surface area contributed by atoms with Crippen molar-refractivity contribution in [1.29, 1.82) is 5.26 Å². The van der Waals surface area contributed by atoms with E-state index >= 15 is 0 Å². The summed E-state index contributed by atoms with van der Waals surface area (Å²) in [5.74, 6) is -0.188. The molecule has 122 valence electrons. The van der Waals surface area contributed by atoms with Gasteiger partial charge in [-0.2, -0.15) is 5.26 Å². The van der Waals surface area contributed by atoms with Gasteiger partial charge in [-0.25, -0.2) is 9.97 Å². The van der Waals surface area contributed by atoms with E-state index in [2.05, 4.69) is 20.6 Å². The molecule has 7 nitrogen and oxygen atoms in total.